The quantitative estimate of drug-likeness (QED) is 0.644. The van der Waals surface area contributed by atoms with Crippen LogP contribution in [-0.4, -0.2) is 22.4 Å². The standard InChI is InChI=1S/C12H15NOS2/c1-2-13-12(15)16-11(9-14)8-10-6-4-3-5-7-10/h3-7,9,11H,2,8H2,1H3,(H,13,15). The lowest BCUT2D eigenvalue weighted by Gasteiger charge is -2.11. The fourth-order valence-corrected chi connectivity index (χ4v) is 2.64. The van der Waals surface area contributed by atoms with Crippen LogP contribution in [0.3, 0.4) is 0 Å². The molecular formula is C12H15NOS2. The Hall–Kier alpha value is -0.870. The van der Waals surface area contributed by atoms with Crippen molar-refractivity contribution in [1.82, 2.24) is 5.32 Å². The van der Waals surface area contributed by atoms with Gasteiger partial charge >= 0.3 is 0 Å². The first kappa shape index (κ1) is 13.2. The fourth-order valence-electron chi connectivity index (χ4n) is 1.29. The highest BCUT2D eigenvalue weighted by molar-refractivity contribution is 8.23. The summed E-state index contributed by atoms with van der Waals surface area (Å²) in [6.07, 6.45) is 1.68. The van der Waals surface area contributed by atoms with E-state index in [-0.39, 0.29) is 5.25 Å². The maximum absolute atomic E-state index is 10.9. The Labute approximate surface area is 106 Å². The molecule has 4 heteroatoms. The zero-order chi connectivity index (χ0) is 11.8. The van der Waals surface area contributed by atoms with Crippen molar-refractivity contribution in [2.24, 2.45) is 0 Å². The molecule has 16 heavy (non-hydrogen) atoms. The summed E-state index contributed by atoms with van der Waals surface area (Å²) in [5, 5.41) is 2.93. The minimum absolute atomic E-state index is 0.103. The van der Waals surface area contributed by atoms with Crippen LogP contribution in [0.5, 0.6) is 0 Å². The van der Waals surface area contributed by atoms with Gasteiger partial charge in [-0.3, -0.25) is 0 Å². The van der Waals surface area contributed by atoms with Crippen LogP contribution in [0.4, 0.5) is 0 Å². The first-order valence-electron chi connectivity index (χ1n) is 5.20. The van der Waals surface area contributed by atoms with Crippen LogP contribution in [0, 0.1) is 0 Å². The van der Waals surface area contributed by atoms with Gasteiger partial charge in [-0.2, -0.15) is 0 Å². The van der Waals surface area contributed by atoms with Crippen molar-refractivity contribution < 1.29 is 4.79 Å². The van der Waals surface area contributed by atoms with E-state index in [0.717, 1.165) is 24.8 Å². The zero-order valence-electron chi connectivity index (χ0n) is 9.18. The van der Waals surface area contributed by atoms with E-state index >= 15 is 0 Å². The molecule has 2 nitrogen and oxygen atoms in total. The predicted molar refractivity (Wildman–Crippen MR) is 73.9 cm³/mol. The van der Waals surface area contributed by atoms with E-state index in [2.05, 4.69) is 5.32 Å². The zero-order valence-corrected chi connectivity index (χ0v) is 10.8. The topological polar surface area (TPSA) is 29.1 Å². The highest BCUT2D eigenvalue weighted by atomic mass is 32.2. The van der Waals surface area contributed by atoms with Gasteiger partial charge in [-0.15, -0.1) is 0 Å². The molecule has 0 heterocycles. The molecule has 1 aromatic rings. The number of nitrogens with one attached hydrogen (secondary N) is 1. The van der Waals surface area contributed by atoms with Crippen molar-refractivity contribution in [2.45, 2.75) is 18.6 Å². The fraction of sp³-hybridized carbons (Fsp3) is 0.333. The molecule has 1 N–H and O–H groups in total. The van der Waals surface area contributed by atoms with Gasteiger partial charge < -0.3 is 10.1 Å². The van der Waals surface area contributed by atoms with E-state index in [1.54, 1.807) is 0 Å². The Bertz CT molecular complexity index is 340. The third-order valence-electron chi connectivity index (χ3n) is 2.01. The molecule has 0 aromatic heterocycles. The van der Waals surface area contributed by atoms with E-state index < -0.39 is 0 Å². The molecule has 0 radical (unpaired) electrons. The Balaban J connectivity index is 2.49. The molecule has 1 aromatic carbocycles. The highest BCUT2D eigenvalue weighted by Crippen LogP contribution is 2.15. The lowest BCUT2D eigenvalue weighted by molar-refractivity contribution is -0.107. The van der Waals surface area contributed by atoms with Crippen LogP contribution in [0.25, 0.3) is 0 Å². The van der Waals surface area contributed by atoms with E-state index in [9.17, 15) is 4.79 Å². The summed E-state index contributed by atoms with van der Waals surface area (Å²) in [5.74, 6) is 0. The monoisotopic (exact) mass is 253 g/mol. The third kappa shape index (κ3) is 4.77. The molecule has 1 atom stereocenters. The van der Waals surface area contributed by atoms with E-state index in [1.165, 1.54) is 11.8 Å². The third-order valence-corrected chi connectivity index (χ3v) is 3.38. The maximum Gasteiger partial charge on any atom is 0.134 e. The average Bonchev–Trinajstić information content (AvgIpc) is 2.30. The van der Waals surface area contributed by atoms with Gasteiger partial charge in [-0.05, 0) is 18.9 Å². The van der Waals surface area contributed by atoms with Crippen molar-refractivity contribution in [3.8, 4) is 0 Å². The molecule has 0 amide bonds. The number of hydrogen-bond acceptors (Lipinski definition) is 3. The van der Waals surface area contributed by atoms with Crippen LogP contribution in [0.15, 0.2) is 30.3 Å². The first-order valence-corrected chi connectivity index (χ1v) is 6.48. The predicted octanol–water partition coefficient (Wildman–Crippen LogP) is 2.42. The van der Waals surface area contributed by atoms with Gasteiger partial charge in [0.05, 0.1) is 5.25 Å². The Morgan fingerprint density at radius 2 is 2.19 bits per heavy atom. The number of rotatable bonds is 5. The van der Waals surface area contributed by atoms with Gasteiger partial charge in [0.15, 0.2) is 0 Å². The summed E-state index contributed by atoms with van der Waals surface area (Å²) < 4.78 is 0.690. The summed E-state index contributed by atoms with van der Waals surface area (Å²) in [4.78, 5) is 10.9. The van der Waals surface area contributed by atoms with Crippen molar-refractivity contribution in [2.75, 3.05) is 6.54 Å². The second-order valence-electron chi connectivity index (χ2n) is 3.30. The number of hydrogen-bond donors (Lipinski definition) is 1. The number of carbonyl (C=O) groups excluding carboxylic acids is 1. The van der Waals surface area contributed by atoms with Gasteiger partial charge in [0.25, 0.3) is 0 Å². The SMILES string of the molecule is CCNC(=S)SC(C=O)Cc1ccccc1. The molecule has 0 aliphatic rings. The second kappa shape index (κ2) is 7.41. The molecule has 0 aliphatic heterocycles. The molecule has 86 valence electrons. The van der Waals surface area contributed by atoms with Crippen LogP contribution in [0.2, 0.25) is 0 Å². The van der Waals surface area contributed by atoms with E-state index in [0.29, 0.717) is 4.32 Å². The van der Waals surface area contributed by atoms with Crippen molar-refractivity contribution >= 4 is 34.6 Å². The van der Waals surface area contributed by atoms with Gasteiger partial charge in [-0.1, -0.05) is 54.3 Å². The van der Waals surface area contributed by atoms with Crippen molar-refractivity contribution in [3.63, 3.8) is 0 Å². The largest absolute Gasteiger partial charge is 0.371 e. The van der Waals surface area contributed by atoms with Gasteiger partial charge in [-0.25, -0.2) is 0 Å². The molecule has 1 rings (SSSR count). The molecular weight excluding hydrogens is 238 g/mol. The lowest BCUT2D eigenvalue weighted by atomic mass is 10.1. The van der Waals surface area contributed by atoms with Gasteiger partial charge in [0.1, 0.15) is 10.6 Å². The molecule has 0 aliphatic carbocycles. The number of aldehydes is 1. The number of carbonyl (C=O) groups is 1. The summed E-state index contributed by atoms with van der Waals surface area (Å²) in [5.41, 5.74) is 1.16. The minimum atomic E-state index is -0.103. The van der Waals surface area contributed by atoms with E-state index in [1.807, 2.05) is 37.3 Å². The highest BCUT2D eigenvalue weighted by Gasteiger charge is 2.11. The van der Waals surface area contributed by atoms with Crippen LogP contribution >= 0.6 is 24.0 Å². The first-order chi connectivity index (χ1) is 7.76. The van der Waals surface area contributed by atoms with E-state index in [4.69, 9.17) is 12.2 Å². The van der Waals surface area contributed by atoms with Gasteiger partial charge in [0, 0.05) is 6.54 Å². The number of benzene rings is 1. The van der Waals surface area contributed by atoms with Crippen LogP contribution < -0.4 is 5.32 Å². The van der Waals surface area contributed by atoms with Crippen molar-refractivity contribution in [1.29, 1.82) is 0 Å². The molecule has 0 saturated carbocycles. The Morgan fingerprint density at radius 3 is 2.75 bits per heavy atom. The second-order valence-corrected chi connectivity index (χ2v) is 5.22. The minimum Gasteiger partial charge on any atom is -0.371 e. The van der Waals surface area contributed by atoms with Crippen LogP contribution in [0.1, 0.15) is 12.5 Å². The molecule has 0 bridgehead atoms. The van der Waals surface area contributed by atoms with Crippen molar-refractivity contribution in [3.05, 3.63) is 35.9 Å². The maximum atomic E-state index is 10.9. The summed E-state index contributed by atoms with van der Waals surface area (Å²) >= 11 is 6.52. The van der Waals surface area contributed by atoms with Gasteiger partial charge in [0.2, 0.25) is 0 Å². The lowest BCUT2D eigenvalue weighted by Crippen LogP contribution is -2.22. The molecule has 0 fully saturated rings. The van der Waals surface area contributed by atoms with Crippen LogP contribution in [-0.2, 0) is 11.2 Å². The molecule has 0 spiro atoms. The molecule has 1 unspecified atom stereocenters. The Morgan fingerprint density at radius 1 is 1.50 bits per heavy atom. The Kier molecular flexibility index (Phi) is 6.11. The summed E-state index contributed by atoms with van der Waals surface area (Å²) in [7, 11) is 0. The summed E-state index contributed by atoms with van der Waals surface area (Å²) in [6, 6.07) is 9.96. The number of thiocarbonyl (C=S) groups is 1. The smallest absolute Gasteiger partial charge is 0.134 e. The average molecular weight is 253 g/mol. The number of thioether (sulfide) groups is 1. The molecule has 0 saturated heterocycles. The summed E-state index contributed by atoms with van der Waals surface area (Å²) in [6.45, 7) is 2.78. The normalized spacial score (nSPS) is 11.8.